The van der Waals surface area contributed by atoms with Crippen molar-refractivity contribution in [1.29, 1.82) is 0 Å². The molecule has 27 heavy (non-hydrogen) atoms. The summed E-state index contributed by atoms with van der Waals surface area (Å²) < 4.78 is 9.85. The first-order valence-corrected chi connectivity index (χ1v) is 9.48. The van der Waals surface area contributed by atoms with Gasteiger partial charge in [-0.05, 0) is 27.2 Å². The number of carbonyl (C=O) groups is 2. The summed E-state index contributed by atoms with van der Waals surface area (Å²) in [6, 6.07) is 0. The molecule has 1 unspecified atom stereocenters. The van der Waals surface area contributed by atoms with Gasteiger partial charge in [-0.3, -0.25) is 9.59 Å². The van der Waals surface area contributed by atoms with E-state index >= 15 is 0 Å². The highest BCUT2D eigenvalue weighted by Gasteiger charge is 2.18. The highest BCUT2D eigenvalue weighted by Crippen LogP contribution is 2.13. The molecular weight excluding hydrogens is 344 g/mol. The largest absolute Gasteiger partial charge is 0.468 e. The van der Waals surface area contributed by atoms with E-state index in [1.54, 1.807) is 0 Å². The normalized spacial score (nSPS) is 17.4. The number of ether oxygens (including phenoxy) is 2. The van der Waals surface area contributed by atoms with Gasteiger partial charge in [-0.1, -0.05) is 31.2 Å². The summed E-state index contributed by atoms with van der Waals surface area (Å²) in [6.07, 6.45) is 15.9. The highest BCUT2D eigenvalue weighted by molar-refractivity contribution is 5.77. The van der Waals surface area contributed by atoms with Crippen LogP contribution in [0.4, 0.5) is 0 Å². The van der Waals surface area contributed by atoms with Crippen molar-refractivity contribution in [2.45, 2.75) is 40.2 Å². The molecule has 2 heterocycles. The van der Waals surface area contributed by atoms with Gasteiger partial charge in [0.05, 0.1) is 25.0 Å². The minimum Gasteiger partial charge on any atom is -0.468 e. The average Bonchev–Trinajstić information content (AvgIpc) is 2.73. The molecule has 0 radical (unpaired) electrons. The molecule has 6 heteroatoms. The zero-order valence-corrected chi connectivity index (χ0v) is 17.0. The zero-order chi connectivity index (χ0) is 20.2. The molecule has 2 aliphatic heterocycles. The summed E-state index contributed by atoms with van der Waals surface area (Å²) in [5.74, 6) is -0.801. The Bertz CT molecular complexity index is 567. The number of rotatable bonds is 6. The Labute approximate surface area is 162 Å². The lowest BCUT2D eigenvalue weighted by Crippen LogP contribution is -2.23. The fourth-order valence-corrected chi connectivity index (χ4v) is 2.27. The van der Waals surface area contributed by atoms with Crippen LogP contribution in [0.5, 0.6) is 0 Å². The van der Waals surface area contributed by atoms with Crippen molar-refractivity contribution in [2.24, 2.45) is 11.8 Å². The second-order valence-corrected chi connectivity index (χ2v) is 6.26. The topological polar surface area (TPSA) is 59.1 Å². The van der Waals surface area contributed by atoms with Crippen LogP contribution in [-0.2, 0) is 19.1 Å². The third-order valence-electron chi connectivity index (χ3n) is 4.31. The number of hydrogen-bond acceptors (Lipinski definition) is 6. The lowest BCUT2D eigenvalue weighted by atomic mass is 10.1. The van der Waals surface area contributed by atoms with Gasteiger partial charge >= 0.3 is 11.9 Å². The summed E-state index contributed by atoms with van der Waals surface area (Å²) in [6.45, 7) is 9.86. The molecule has 0 aromatic rings. The Morgan fingerprint density at radius 2 is 1.26 bits per heavy atom. The molecule has 0 aliphatic carbocycles. The third kappa shape index (κ3) is 7.72. The average molecular weight is 376 g/mol. The molecule has 0 spiro atoms. The first-order valence-electron chi connectivity index (χ1n) is 9.48. The Morgan fingerprint density at radius 1 is 0.852 bits per heavy atom. The molecular formula is C21H32N2O4. The van der Waals surface area contributed by atoms with Gasteiger partial charge in [-0.2, -0.15) is 0 Å². The monoisotopic (exact) mass is 376 g/mol. The van der Waals surface area contributed by atoms with Crippen LogP contribution in [0.1, 0.15) is 34.1 Å². The minimum atomic E-state index is -0.221. The van der Waals surface area contributed by atoms with Crippen LogP contribution in [0.15, 0.2) is 49.1 Å². The first kappa shape index (κ1) is 22.5. The van der Waals surface area contributed by atoms with Crippen LogP contribution < -0.4 is 0 Å². The molecule has 0 saturated carbocycles. The van der Waals surface area contributed by atoms with Gasteiger partial charge in [0.25, 0.3) is 0 Å². The number of esters is 2. The molecule has 2 rings (SSSR count). The van der Waals surface area contributed by atoms with Crippen LogP contribution in [0.2, 0.25) is 0 Å². The predicted molar refractivity (Wildman–Crippen MR) is 106 cm³/mol. The minimum absolute atomic E-state index is 0.00325. The Balaban J connectivity index is 0.000000277. The standard InChI is InChI=1S/C12H19NO2.C9H13NO2/c1-4-10(3)15-12(14)11-6-8-13(5-2)9-7-11;1-3-10-6-4-8(5-7-10)9(11)12-2/h6-11H,4-5H2,1-3H3;4-8H,3H2,1-2H3. The van der Waals surface area contributed by atoms with E-state index in [1.165, 1.54) is 7.11 Å². The molecule has 2 aliphatic rings. The van der Waals surface area contributed by atoms with Crippen LogP contribution in [0.25, 0.3) is 0 Å². The van der Waals surface area contributed by atoms with E-state index in [0.29, 0.717) is 0 Å². The maximum Gasteiger partial charge on any atom is 0.317 e. The van der Waals surface area contributed by atoms with Crippen LogP contribution in [-0.4, -0.2) is 48.0 Å². The molecule has 6 nitrogen and oxygen atoms in total. The van der Waals surface area contributed by atoms with Gasteiger partial charge in [0.15, 0.2) is 0 Å². The van der Waals surface area contributed by atoms with Crippen molar-refractivity contribution in [2.75, 3.05) is 20.2 Å². The van der Waals surface area contributed by atoms with Gasteiger partial charge in [0.1, 0.15) is 0 Å². The van der Waals surface area contributed by atoms with E-state index in [1.807, 2.05) is 79.7 Å². The fourth-order valence-electron chi connectivity index (χ4n) is 2.27. The Morgan fingerprint density at radius 3 is 1.59 bits per heavy atom. The second-order valence-electron chi connectivity index (χ2n) is 6.26. The van der Waals surface area contributed by atoms with Gasteiger partial charge in [0, 0.05) is 37.9 Å². The summed E-state index contributed by atoms with van der Waals surface area (Å²) in [4.78, 5) is 26.7. The molecule has 0 N–H and O–H groups in total. The van der Waals surface area contributed by atoms with Crippen molar-refractivity contribution in [3.63, 3.8) is 0 Å². The molecule has 1 atom stereocenters. The number of carbonyl (C=O) groups excluding carboxylic acids is 2. The molecule has 0 aromatic carbocycles. The van der Waals surface area contributed by atoms with E-state index in [0.717, 1.165) is 19.5 Å². The molecule has 0 aromatic heterocycles. The van der Waals surface area contributed by atoms with Crippen LogP contribution in [0, 0.1) is 11.8 Å². The lowest BCUT2D eigenvalue weighted by molar-refractivity contribution is -0.150. The summed E-state index contributed by atoms with van der Waals surface area (Å²) in [7, 11) is 1.40. The van der Waals surface area contributed by atoms with Gasteiger partial charge in [-0.25, -0.2) is 0 Å². The molecule has 150 valence electrons. The van der Waals surface area contributed by atoms with Gasteiger partial charge in [-0.15, -0.1) is 0 Å². The summed E-state index contributed by atoms with van der Waals surface area (Å²) in [5.41, 5.74) is 0. The first-order chi connectivity index (χ1) is 12.9. The molecule has 0 saturated heterocycles. The van der Waals surface area contributed by atoms with E-state index < -0.39 is 0 Å². The summed E-state index contributed by atoms with van der Waals surface area (Å²) >= 11 is 0. The molecule has 0 bridgehead atoms. The fraction of sp³-hybridized carbons (Fsp3) is 0.524. The van der Waals surface area contributed by atoms with Crippen LogP contribution >= 0.6 is 0 Å². The number of methoxy groups -OCH3 is 1. The maximum atomic E-state index is 11.6. The predicted octanol–water partition coefficient (Wildman–Crippen LogP) is 3.45. The van der Waals surface area contributed by atoms with Crippen molar-refractivity contribution in [1.82, 2.24) is 9.80 Å². The van der Waals surface area contributed by atoms with Crippen molar-refractivity contribution < 1.29 is 19.1 Å². The van der Waals surface area contributed by atoms with E-state index in [2.05, 4.69) is 11.7 Å². The third-order valence-corrected chi connectivity index (χ3v) is 4.31. The Hall–Kier alpha value is -2.50. The second kappa shape index (κ2) is 12.0. The maximum absolute atomic E-state index is 11.6. The van der Waals surface area contributed by atoms with Crippen molar-refractivity contribution in [3.8, 4) is 0 Å². The van der Waals surface area contributed by atoms with E-state index in [-0.39, 0.29) is 29.9 Å². The molecule has 0 amide bonds. The SMILES string of the molecule is CCC(C)OC(=O)C1C=CN(CC)C=C1.CCN1C=CC(C(=O)OC)C=C1. The zero-order valence-electron chi connectivity index (χ0n) is 17.0. The number of hydrogen-bond donors (Lipinski definition) is 0. The lowest BCUT2D eigenvalue weighted by Gasteiger charge is -2.20. The van der Waals surface area contributed by atoms with Gasteiger partial charge in [0.2, 0.25) is 0 Å². The molecule has 0 fully saturated rings. The van der Waals surface area contributed by atoms with Gasteiger partial charge < -0.3 is 19.3 Å². The number of nitrogens with zero attached hydrogens (tertiary/aromatic N) is 2. The highest BCUT2D eigenvalue weighted by atomic mass is 16.5. The Kier molecular flexibility index (Phi) is 10.0. The van der Waals surface area contributed by atoms with Crippen molar-refractivity contribution in [3.05, 3.63) is 49.1 Å². The van der Waals surface area contributed by atoms with E-state index in [4.69, 9.17) is 4.74 Å². The quantitative estimate of drug-likeness (QED) is 0.662. The van der Waals surface area contributed by atoms with E-state index in [9.17, 15) is 9.59 Å². The van der Waals surface area contributed by atoms with Crippen LogP contribution in [0.3, 0.4) is 0 Å². The van der Waals surface area contributed by atoms with Crippen molar-refractivity contribution >= 4 is 11.9 Å². The smallest absolute Gasteiger partial charge is 0.317 e. The summed E-state index contributed by atoms with van der Waals surface area (Å²) in [5, 5.41) is 0.